The lowest BCUT2D eigenvalue weighted by atomic mass is 10.1. The number of rotatable bonds is 11. The monoisotopic (exact) mass is 431 g/mol. The summed E-state index contributed by atoms with van der Waals surface area (Å²) in [7, 11) is 0. The number of allylic oxidation sites excluding steroid dienone is 1. The first-order chi connectivity index (χ1) is 15.1. The van der Waals surface area contributed by atoms with Crippen LogP contribution in [0.25, 0.3) is 11.0 Å². The van der Waals surface area contributed by atoms with Crippen LogP contribution in [0.1, 0.15) is 32.6 Å². The van der Waals surface area contributed by atoms with Gasteiger partial charge in [0.25, 0.3) is 0 Å². The second kappa shape index (κ2) is 11.5. The molecule has 1 aromatic heterocycles. The van der Waals surface area contributed by atoms with E-state index < -0.39 is 0 Å². The Balaban J connectivity index is 1.30. The number of unbranched alkanes of at least 4 members (excludes halogenated alkanes) is 2. The van der Waals surface area contributed by atoms with Crippen LogP contribution in [0.2, 0.25) is 0 Å². The Labute approximate surface area is 181 Å². The third-order valence-corrected chi connectivity index (χ3v) is 5.41. The highest BCUT2D eigenvalue weighted by Gasteiger charge is 2.20. The molecule has 0 radical (unpaired) electrons. The van der Waals surface area contributed by atoms with E-state index >= 15 is 0 Å². The van der Waals surface area contributed by atoms with E-state index in [1.165, 1.54) is 0 Å². The Morgan fingerprint density at radius 3 is 2.68 bits per heavy atom. The molecule has 1 saturated heterocycles. The minimum atomic E-state index is 0.0608. The highest BCUT2D eigenvalue weighted by atomic mass is 16.6. The molecule has 1 aliphatic rings. The molecule has 0 aliphatic carbocycles. The predicted octanol–water partition coefficient (Wildman–Crippen LogP) is 1.07. The van der Waals surface area contributed by atoms with Gasteiger partial charge < -0.3 is 10.2 Å². The highest BCUT2D eigenvalue weighted by molar-refractivity contribution is 5.93. The quantitative estimate of drug-likeness (QED) is 0.209. The number of carbonyl (C=O) groups excluding carboxylic acids is 2. The van der Waals surface area contributed by atoms with Crippen molar-refractivity contribution in [3.63, 3.8) is 0 Å². The summed E-state index contributed by atoms with van der Waals surface area (Å²) in [6, 6.07) is 3.60. The molecule has 1 aliphatic heterocycles. The molecule has 2 aromatic rings. The number of fused-ring (bicyclic) bond motifs is 1. The number of nitrogens with zero attached hydrogens (tertiary/aromatic N) is 4. The number of amides is 1. The van der Waals surface area contributed by atoms with Crippen LogP contribution in [-0.2, 0) is 9.59 Å². The Hall–Kier alpha value is -2.82. The maximum absolute atomic E-state index is 12.4. The smallest absolute Gasteiger partial charge is 0.222 e. The second-order valence-corrected chi connectivity index (χ2v) is 7.72. The number of aromatic nitrogens is 2. The molecule has 10 heteroatoms. The lowest BCUT2D eigenvalue weighted by Crippen LogP contribution is -2.73. The zero-order chi connectivity index (χ0) is 22.1. The summed E-state index contributed by atoms with van der Waals surface area (Å²) in [6.07, 6.45) is 6.81. The lowest BCUT2D eigenvalue weighted by molar-refractivity contribution is -0.824. The summed E-state index contributed by atoms with van der Waals surface area (Å²) in [5.74, 6) is 0.281. The SMILES string of the molecule is CC(=O)/C=C/CN1CCN(C(=O)CCCCCNc2ccc([NH2+]O)c3nonc23)CC1. The highest BCUT2D eigenvalue weighted by Crippen LogP contribution is 2.24. The van der Waals surface area contributed by atoms with Crippen molar-refractivity contribution in [1.29, 1.82) is 0 Å². The summed E-state index contributed by atoms with van der Waals surface area (Å²) in [4.78, 5) is 27.6. The van der Waals surface area contributed by atoms with Crippen molar-refractivity contribution in [2.24, 2.45) is 0 Å². The molecule has 1 aromatic carbocycles. The van der Waals surface area contributed by atoms with Crippen molar-refractivity contribution >= 4 is 34.1 Å². The van der Waals surface area contributed by atoms with Crippen LogP contribution in [-0.4, -0.2) is 76.3 Å². The number of nitrogens with two attached hydrogens (primary N) is 1. The Morgan fingerprint density at radius 1 is 1.16 bits per heavy atom. The molecule has 168 valence electrons. The van der Waals surface area contributed by atoms with Gasteiger partial charge in [-0.05, 0) is 42.2 Å². The fraction of sp³-hybridized carbons (Fsp3) is 0.524. The van der Waals surface area contributed by atoms with Crippen molar-refractivity contribution in [2.75, 3.05) is 44.6 Å². The molecule has 4 N–H and O–H groups in total. The van der Waals surface area contributed by atoms with Gasteiger partial charge in [0.15, 0.2) is 17.0 Å². The van der Waals surface area contributed by atoms with Crippen LogP contribution in [0.4, 0.5) is 11.4 Å². The molecule has 0 atom stereocenters. The summed E-state index contributed by atoms with van der Waals surface area (Å²) in [5, 5.41) is 20.3. The number of piperazine rings is 1. The average molecular weight is 432 g/mol. The molecule has 0 spiro atoms. The molecule has 10 nitrogen and oxygen atoms in total. The first-order valence-electron chi connectivity index (χ1n) is 10.7. The number of quaternary nitrogens is 1. The van der Waals surface area contributed by atoms with E-state index in [0.29, 0.717) is 23.1 Å². The largest absolute Gasteiger partial charge is 0.383 e. The third-order valence-electron chi connectivity index (χ3n) is 5.41. The van der Waals surface area contributed by atoms with Gasteiger partial charge >= 0.3 is 0 Å². The van der Waals surface area contributed by atoms with E-state index in [9.17, 15) is 14.8 Å². The van der Waals surface area contributed by atoms with Gasteiger partial charge in [-0.3, -0.25) is 14.5 Å². The molecular formula is C21H31N6O4+. The molecule has 0 saturated carbocycles. The van der Waals surface area contributed by atoms with Gasteiger partial charge in [-0.25, -0.2) is 9.84 Å². The number of carbonyl (C=O) groups is 2. The van der Waals surface area contributed by atoms with Crippen LogP contribution >= 0.6 is 0 Å². The number of anilines is 1. The van der Waals surface area contributed by atoms with E-state index in [0.717, 1.165) is 69.7 Å². The minimum absolute atomic E-state index is 0.0608. The number of nitrogens with one attached hydrogen (secondary N) is 1. The molecule has 3 rings (SSSR count). The van der Waals surface area contributed by atoms with Gasteiger partial charge in [-0.1, -0.05) is 12.5 Å². The molecule has 31 heavy (non-hydrogen) atoms. The van der Waals surface area contributed by atoms with E-state index in [1.807, 2.05) is 17.0 Å². The van der Waals surface area contributed by atoms with Crippen LogP contribution in [0.5, 0.6) is 0 Å². The third kappa shape index (κ3) is 6.58. The van der Waals surface area contributed by atoms with Crippen molar-refractivity contribution in [3.8, 4) is 0 Å². The van der Waals surface area contributed by atoms with Crippen molar-refractivity contribution in [2.45, 2.75) is 32.6 Å². The number of benzene rings is 1. The zero-order valence-electron chi connectivity index (χ0n) is 17.9. The summed E-state index contributed by atoms with van der Waals surface area (Å²) >= 11 is 0. The summed E-state index contributed by atoms with van der Waals surface area (Å²) in [5.41, 5.74) is 3.48. The molecular weight excluding hydrogens is 400 g/mol. The standard InChI is InChI=1S/C21H30N6O4/c1-16(28)6-5-11-26-12-14-27(15-13-26)19(29)7-3-2-4-10-22-17-8-9-18(23-30)21-20(17)24-31-25-21/h5-6,8-9,22-23,30H,2-4,7,10-15H2,1H3/p+1/b6-5+. The van der Waals surface area contributed by atoms with E-state index in [-0.39, 0.29) is 11.7 Å². The molecule has 1 fully saturated rings. The maximum Gasteiger partial charge on any atom is 0.222 e. The number of ketones is 1. The van der Waals surface area contributed by atoms with Crippen LogP contribution in [0.3, 0.4) is 0 Å². The maximum atomic E-state index is 12.4. The first kappa shape index (κ1) is 22.9. The van der Waals surface area contributed by atoms with E-state index in [4.69, 9.17) is 4.63 Å². The van der Waals surface area contributed by atoms with E-state index in [2.05, 4.69) is 20.5 Å². The summed E-state index contributed by atoms with van der Waals surface area (Å²) in [6.45, 7) is 6.24. The molecule has 1 amide bonds. The van der Waals surface area contributed by atoms with Gasteiger partial charge in [0, 0.05) is 51.8 Å². The van der Waals surface area contributed by atoms with Crippen molar-refractivity contribution < 1.29 is 24.9 Å². The summed E-state index contributed by atoms with van der Waals surface area (Å²) < 4.78 is 4.78. The first-order valence-corrected chi connectivity index (χ1v) is 10.7. The van der Waals surface area contributed by atoms with Crippen molar-refractivity contribution in [1.82, 2.24) is 20.1 Å². The van der Waals surface area contributed by atoms with Crippen LogP contribution in [0.15, 0.2) is 28.9 Å². The van der Waals surface area contributed by atoms with Gasteiger partial charge in [0.1, 0.15) is 0 Å². The number of hydrogen-bond acceptors (Lipinski definition) is 8. The van der Waals surface area contributed by atoms with Gasteiger partial charge in [-0.15, -0.1) is 0 Å². The average Bonchev–Trinajstić information content (AvgIpc) is 3.26. The lowest BCUT2D eigenvalue weighted by Gasteiger charge is -2.34. The van der Waals surface area contributed by atoms with Crippen LogP contribution in [0, 0.1) is 0 Å². The van der Waals surface area contributed by atoms with Gasteiger partial charge in [0.05, 0.1) is 5.69 Å². The minimum Gasteiger partial charge on any atom is -0.383 e. The Bertz CT molecular complexity index is 904. The molecule has 2 heterocycles. The normalized spacial score (nSPS) is 15.1. The fourth-order valence-corrected chi connectivity index (χ4v) is 3.64. The van der Waals surface area contributed by atoms with E-state index in [1.54, 1.807) is 19.1 Å². The fourth-order valence-electron chi connectivity index (χ4n) is 3.64. The predicted molar refractivity (Wildman–Crippen MR) is 115 cm³/mol. The second-order valence-electron chi connectivity index (χ2n) is 7.72. The topological polar surface area (TPSA) is 128 Å². The van der Waals surface area contributed by atoms with Crippen LogP contribution < -0.4 is 10.8 Å². The molecule has 0 unspecified atom stereocenters. The number of hydrogen-bond donors (Lipinski definition) is 3. The van der Waals surface area contributed by atoms with Gasteiger partial charge in [0.2, 0.25) is 11.4 Å². The molecule has 0 bridgehead atoms. The Morgan fingerprint density at radius 2 is 1.94 bits per heavy atom. The zero-order valence-corrected chi connectivity index (χ0v) is 17.9. The Kier molecular flexibility index (Phi) is 8.51. The van der Waals surface area contributed by atoms with Crippen molar-refractivity contribution in [3.05, 3.63) is 24.3 Å². The van der Waals surface area contributed by atoms with Gasteiger partial charge in [-0.2, -0.15) is 5.48 Å².